The van der Waals surface area contributed by atoms with Gasteiger partial charge in [0, 0.05) is 20.6 Å². The number of amides is 2. The van der Waals surface area contributed by atoms with Crippen LogP contribution in [0.1, 0.15) is 11.1 Å². The van der Waals surface area contributed by atoms with Gasteiger partial charge in [-0.15, -0.1) is 0 Å². The van der Waals surface area contributed by atoms with E-state index in [9.17, 15) is 14.0 Å². The molecule has 1 rings (SSSR count). The maximum atomic E-state index is 13.4. The molecular formula is C15H22FN3O2. The summed E-state index contributed by atoms with van der Waals surface area (Å²) in [5, 5.41) is 2.71. The summed E-state index contributed by atoms with van der Waals surface area (Å²) in [6.07, 6.45) is 0. The van der Waals surface area contributed by atoms with Gasteiger partial charge in [0.15, 0.2) is 0 Å². The number of nitrogens with zero attached hydrogens (tertiary/aromatic N) is 2. The minimum atomic E-state index is -0.282. The van der Waals surface area contributed by atoms with Crippen molar-refractivity contribution >= 4 is 11.8 Å². The fraction of sp³-hybridized carbons (Fsp3) is 0.467. The normalized spacial score (nSPS) is 10.6. The van der Waals surface area contributed by atoms with Crippen molar-refractivity contribution in [2.75, 3.05) is 34.2 Å². The molecule has 1 aromatic carbocycles. The Morgan fingerprint density at radius 1 is 1.19 bits per heavy atom. The number of carbonyl (C=O) groups excluding carboxylic acids is 2. The van der Waals surface area contributed by atoms with Gasteiger partial charge in [0.1, 0.15) is 5.82 Å². The highest BCUT2D eigenvalue weighted by molar-refractivity contribution is 5.80. The van der Waals surface area contributed by atoms with Crippen molar-refractivity contribution < 1.29 is 14.0 Å². The first-order valence-corrected chi connectivity index (χ1v) is 6.70. The van der Waals surface area contributed by atoms with Crippen LogP contribution in [0.3, 0.4) is 0 Å². The van der Waals surface area contributed by atoms with Crippen LogP contribution in [-0.2, 0) is 16.1 Å². The van der Waals surface area contributed by atoms with Crippen LogP contribution in [0, 0.1) is 12.7 Å². The van der Waals surface area contributed by atoms with Gasteiger partial charge in [-0.2, -0.15) is 0 Å². The van der Waals surface area contributed by atoms with Gasteiger partial charge in [0.25, 0.3) is 0 Å². The fourth-order valence-corrected chi connectivity index (χ4v) is 1.68. The number of aryl methyl sites for hydroxylation is 1. The molecule has 2 amide bonds. The molecule has 0 aliphatic carbocycles. The van der Waals surface area contributed by atoms with E-state index in [2.05, 4.69) is 5.32 Å². The standard InChI is InChI=1S/C15H22FN3O2/c1-11-5-6-12(7-13(11)16)8-17-14(20)9-19(4)10-15(21)18(2)3/h5-7H,8-10H2,1-4H3,(H,17,20). The van der Waals surface area contributed by atoms with E-state index in [1.165, 1.54) is 11.0 Å². The Kier molecular flexibility index (Phi) is 6.30. The Labute approximate surface area is 124 Å². The average molecular weight is 295 g/mol. The second-order valence-corrected chi connectivity index (χ2v) is 5.32. The van der Waals surface area contributed by atoms with Gasteiger partial charge >= 0.3 is 0 Å². The molecule has 0 aliphatic heterocycles. The fourth-order valence-electron chi connectivity index (χ4n) is 1.68. The van der Waals surface area contributed by atoms with Crippen LogP contribution < -0.4 is 5.32 Å². The van der Waals surface area contributed by atoms with Gasteiger partial charge in [0.2, 0.25) is 11.8 Å². The van der Waals surface area contributed by atoms with Crippen LogP contribution in [0.4, 0.5) is 4.39 Å². The minimum Gasteiger partial charge on any atom is -0.351 e. The lowest BCUT2D eigenvalue weighted by Crippen LogP contribution is -2.40. The maximum Gasteiger partial charge on any atom is 0.236 e. The van der Waals surface area contributed by atoms with E-state index in [1.807, 2.05) is 0 Å². The zero-order valence-electron chi connectivity index (χ0n) is 12.9. The summed E-state index contributed by atoms with van der Waals surface area (Å²) in [7, 11) is 5.04. The van der Waals surface area contributed by atoms with E-state index in [-0.39, 0.29) is 37.3 Å². The van der Waals surface area contributed by atoms with Gasteiger partial charge in [-0.05, 0) is 31.2 Å². The van der Waals surface area contributed by atoms with E-state index in [0.717, 1.165) is 0 Å². The van der Waals surface area contributed by atoms with Crippen molar-refractivity contribution in [2.45, 2.75) is 13.5 Å². The maximum absolute atomic E-state index is 13.4. The molecule has 0 radical (unpaired) electrons. The predicted octanol–water partition coefficient (Wildman–Crippen LogP) is 0.770. The minimum absolute atomic E-state index is 0.0640. The number of hydrogen-bond donors (Lipinski definition) is 1. The third kappa shape index (κ3) is 5.91. The van der Waals surface area contributed by atoms with Crippen molar-refractivity contribution in [1.82, 2.24) is 15.1 Å². The molecule has 1 N–H and O–H groups in total. The molecule has 21 heavy (non-hydrogen) atoms. The molecule has 0 aromatic heterocycles. The number of halogens is 1. The zero-order chi connectivity index (χ0) is 16.0. The first-order valence-electron chi connectivity index (χ1n) is 6.70. The summed E-state index contributed by atoms with van der Waals surface area (Å²) in [4.78, 5) is 26.4. The molecule has 0 unspecified atom stereocenters. The number of hydrogen-bond acceptors (Lipinski definition) is 3. The lowest BCUT2D eigenvalue weighted by atomic mass is 10.1. The molecule has 0 saturated carbocycles. The summed E-state index contributed by atoms with van der Waals surface area (Å²) in [6, 6.07) is 4.87. The SMILES string of the molecule is Cc1ccc(CNC(=O)CN(C)CC(=O)N(C)C)cc1F. The van der Waals surface area contributed by atoms with E-state index >= 15 is 0 Å². The number of nitrogens with one attached hydrogen (secondary N) is 1. The van der Waals surface area contributed by atoms with Crippen LogP contribution in [-0.4, -0.2) is 55.8 Å². The number of likely N-dealkylation sites (N-methyl/N-ethyl adjacent to an activating group) is 2. The van der Waals surface area contributed by atoms with E-state index in [1.54, 1.807) is 45.1 Å². The second kappa shape index (κ2) is 7.73. The van der Waals surface area contributed by atoms with Crippen LogP contribution >= 0.6 is 0 Å². The van der Waals surface area contributed by atoms with Crippen LogP contribution in [0.2, 0.25) is 0 Å². The molecule has 0 bridgehead atoms. The quantitative estimate of drug-likeness (QED) is 0.843. The molecule has 116 valence electrons. The molecule has 1 aromatic rings. The first-order chi connectivity index (χ1) is 9.79. The summed E-state index contributed by atoms with van der Waals surface area (Å²) in [5.41, 5.74) is 1.28. The summed E-state index contributed by atoms with van der Waals surface area (Å²) >= 11 is 0. The molecular weight excluding hydrogens is 273 g/mol. The monoisotopic (exact) mass is 295 g/mol. The molecule has 5 nitrogen and oxygen atoms in total. The predicted molar refractivity (Wildman–Crippen MR) is 79.2 cm³/mol. The molecule has 0 fully saturated rings. The third-order valence-electron chi connectivity index (χ3n) is 3.04. The summed E-state index contributed by atoms with van der Waals surface area (Å²) in [6.45, 7) is 2.26. The highest BCUT2D eigenvalue weighted by atomic mass is 19.1. The Hall–Kier alpha value is -1.95. The second-order valence-electron chi connectivity index (χ2n) is 5.32. The van der Waals surface area contributed by atoms with Gasteiger partial charge in [0.05, 0.1) is 13.1 Å². The average Bonchev–Trinajstić information content (AvgIpc) is 2.39. The summed E-state index contributed by atoms with van der Waals surface area (Å²) in [5.74, 6) is -0.550. The Balaban J connectivity index is 2.40. The van der Waals surface area contributed by atoms with Crippen molar-refractivity contribution in [3.05, 3.63) is 35.1 Å². The van der Waals surface area contributed by atoms with Crippen LogP contribution in [0.15, 0.2) is 18.2 Å². The lowest BCUT2D eigenvalue weighted by molar-refractivity contribution is -0.130. The molecule has 0 atom stereocenters. The van der Waals surface area contributed by atoms with E-state index in [4.69, 9.17) is 0 Å². The topological polar surface area (TPSA) is 52.7 Å². The highest BCUT2D eigenvalue weighted by Gasteiger charge is 2.11. The van der Waals surface area contributed by atoms with Gasteiger partial charge < -0.3 is 10.2 Å². The van der Waals surface area contributed by atoms with E-state index in [0.29, 0.717) is 11.1 Å². The molecule has 6 heteroatoms. The largest absolute Gasteiger partial charge is 0.351 e. The van der Waals surface area contributed by atoms with Crippen molar-refractivity contribution in [3.63, 3.8) is 0 Å². The van der Waals surface area contributed by atoms with Crippen molar-refractivity contribution in [1.29, 1.82) is 0 Å². The first kappa shape index (κ1) is 17.1. The molecule has 0 spiro atoms. The Morgan fingerprint density at radius 2 is 1.86 bits per heavy atom. The van der Waals surface area contributed by atoms with Crippen LogP contribution in [0.5, 0.6) is 0 Å². The molecule has 0 saturated heterocycles. The molecule has 0 heterocycles. The Bertz CT molecular complexity index is 518. The van der Waals surface area contributed by atoms with Crippen molar-refractivity contribution in [3.8, 4) is 0 Å². The highest BCUT2D eigenvalue weighted by Crippen LogP contribution is 2.08. The number of carbonyl (C=O) groups is 2. The van der Waals surface area contributed by atoms with Gasteiger partial charge in [-0.3, -0.25) is 14.5 Å². The zero-order valence-corrected chi connectivity index (χ0v) is 12.9. The van der Waals surface area contributed by atoms with Crippen molar-refractivity contribution in [2.24, 2.45) is 0 Å². The third-order valence-corrected chi connectivity index (χ3v) is 3.04. The number of benzene rings is 1. The van der Waals surface area contributed by atoms with Gasteiger partial charge in [-0.1, -0.05) is 12.1 Å². The Morgan fingerprint density at radius 3 is 2.43 bits per heavy atom. The lowest BCUT2D eigenvalue weighted by Gasteiger charge is -2.18. The summed E-state index contributed by atoms with van der Waals surface area (Å²) < 4.78 is 13.4. The van der Waals surface area contributed by atoms with E-state index < -0.39 is 0 Å². The van der Waals surface area contributed by atoms with Crippen LogP contribution in [0.25, 0.3) is 0 Å². The number of rotatable bonds is 6. The molecule has 0 aliphatic rings. The van der Waals surface area contributed by atoms with Gasteiger partial charge in [-0.25, -0.2) is 4.39 Å². The smallest absolute Gasteiger partial charge is 0.236 e.